The Balaban J connectivity index is 2.56. The molecular weight excluding hydrogens is 186 g/mol. The minimum Gasteiger partial charge on any atom is -0.493 e. The first-order valence-corrected chi connectivity index (χ1v) is 5.16. The van der Waals surface area contributed by atoms with Crippen molar-refractivity contribution in [2.45, 2.75) is 25.8 Å². The molecule has 2 heteroatoms. The normalized spacial score (nSPS) is 11.8. The molecule has 1 rings (SSSR count). The quantitative estimate of drug-likeness (QED) is 0.589. The Bertz CT molecular complexity index is 339. The van der Waals surface area contributed by atoms with Crippen molar-refractivity contribution in [2.24, 2.45) is 5.73 Å². The van der Waals surface area contributed by atoms with Gasteiger partial charge in [0, 0.05) is 18.0 Å². The summed E-state index contributed by atoms with van der Waals surface area (Å²) in [5, 5.41) is 0. The first-order chi connectivity index (χ1) is 7.25. The number of benzene rings is 1. The van der Waals surface area contributed by atoms with Gasteiger partial charge in [-0.25, -0.2) is 0 Å². The number of hydrogen-bond acceptors (Lipinski definition) is 2. The summed E-state index contributed by atoms with van der Waals surface area (Å²) in [5.74, 6) is 3.45. The van der Waals surface area contributed by atoms with Crippen LogP contribution in [-0.4, -0.2) is 6.61 Å². The lowest BCUT2D eigenvalue weighted by atomic mass is 10.1. The maximum atomic E-state index is 5.83. The Kier molecular flexibility index (Phi) is 4.73. The van der Waals surface area contributed by atoms with Gasteiger partial charge in [-0.2, -0.15) is 0 Å². The topological polar surface area (TPSA) is 35.2 Å². The predicted octanol–water partition coefficient (Wildman–Crippen LogP) is 2.50. The SMILES string of the molecule is C#CCCCOc1ccccc1[C@H](C)N. The number of nitrogens with two attached hydrogens (primary N) is 1. The van der Waals surface area contributed by atoms with Crippen molar-refractivity contribution in [3.63, 3.8) is 0 Å². The van der Waals surface area contributed by atoms with Gasteiger partial charge in [-0.05, 0) is 19.4 Å². The second kappa shape index (κ2) is 6.10. The van der Waals surface area contributed by atoms with Crippen molar-refractivity contribution >= 4 is 0 Å². The largest absolute Gasteiger partial charge is 0.493 e. The van der Waals surface area contributed by atoms with Gasteiger partial charge in [0.2, 0.25) is 0 Å². The molecule has 0 spiro atoms. The lowest BCUT2D eigenvalue weighted by Crippen LogP contribution is -2.08. The highest BCUT2D eigenvalue weighted by Crippen LogP contribution is 2.23. The summed E-state index contributed by atoms with van der Waals surface area (Å²) < 4.78 is 5.62. The smallest absolute Gasteiger partial charge is 0.124 e. The highest BCUT2D eigenvalue weighted by molar-refractivity contribution is 5.35. The van der Waals surface area contributed by atoms with Crippen LogP contribution in [0.5, 0.6) is 5.75 Å². The third kappa shape index (κ3) is 3.65. The molecule has 0 radical (unpaired) electrons. The molecule has 2 N–H and O–H groups in total. The van der Waals surface area contributed by atoms with Gasteiger partial charge in [0.25, 0.3) is 0 Å². The summed E-state index contributed by atoms with van der Waals surface area (Å²) in [6.07, 6.45) is 6.79. The minimum atomic E-state index is -0.00571. The van der Waals surface area contributed by atoms with Gasteiger partial charge in [-0.3, -0.25) is 0 Å². The Labute approximate surface area is 91.4 Å². The Morgan fingerprint density at radius 3 is 2.87 bits per heavy atom. The Hall–Kier alpha value is -1.46. The standard InChI is InChI=1S/C13H17NO/c1-3-4-7-10-15-13-9-6-5-8-12(13)11(2)14/h1,5-6,8-9,11H,4,7,10,14H2,2H3/t11-/m0/s1. The van der Waals surface area contributed by atoms with E-state index in [1.54, 1.807) is 0 Å². The van der Waals surface area contributed by atoms with Gasteiger partial charge < -0.3 is 10.5 Å². The van der Waals surface area contributed by atoms with Crippen LogP contribution in [-0.2, 0) is 0 Å². The van der Waals surface area contributed by atoms with E-state index in [2.05, 4.69) is 5.92 Å². The van der Waals surface area contributed by atoms with Crippen LogP contribution >= 0.6 is 0 Å². The van der Waals surface area contributed by atoms with Gasteiger partial charge in [-0.15, -0.1) is 12.3 Å². The van der Waals surface area contributed by atoms with Crippen molar-refractivity contribution in [3.05, 3.63) is 29.8 Å². The van der Waals surface area contributed by atoms with E-state index < -0.39 is 0 Å². The molecule has 0 fully saturated rings. The Morgan fingerprint density at radius 1 is 1.47 bits per heavy atom. The van der Waals surface area contributed by atoms with E-state index in [0.717, 1.165) is 24.2 Å². The van der Waals surface area contributed by atoms with Crippen LogP contribution in [0, 0.1) is 12.3 Å². The second-order valence-corrected chi connectivity index (χ2v) is 3.48. The van der Waals surface area contributed by atoms with E-state index in [9.17, 15) is 0 Å². The monoisotopic (exact) mass is 203 g/mol. The van der Waals surface area contributed by atoms with Crippen molar-refractivity contribution in [3.8, 4) is 18.1 Å². The van der Waals surface area contributed by atoms with Crippen molar-refractivity contribution in [2.75, 3.05) is 6.61 Å². The van der Waals surface area contributed by atoms with E-state index in [1.807, 2.05) is 31.2 Å². The zero-order valence-corrected chi connectivity index (χ0v) is 9.07. The highest BCUT2D eigenvalue weighted by atomic mass is 16.5. The number of terminal acetylenes is 1. The van der Waals surface area contributed by atoms with Gasteiger partial charge in [0.1, 0.15) is 5.75 Å². The van der Waals surface area contributed by atoms with E-state index >= 15 is 0 Å². The Morgan fingerprint density at radius 2 is 2.20 bits per heavy atom. The van der Waals surface area contributed by atoms with Crippen LogP contribution in [0.15, 0.2) is 24.3 Å². The van der Waals surface area contributed by atoms with Gasteiger partial charge in [-0.1, -0.05) is 18.2 Å². The number of hydrogen-bond donors (Lipinski definition) is 1. The zero-order chi connectivity index (χ0) is 11.1. The van der Waals surface area contributed by atoms with Gasteiger partial charge >= 0.3 is 0 Å². The molecule has 0 saturated heterocycles. The second-order valence-electron chi connectivity index (χ2n) is 3.48. The first kappa shape index (κ1) is 11.6. The zero-order valence-electron chi connectivity index (χ0n) is 9.07. The predicted molar refractivity (Wildman–Crippen MR) is 62.6 cm³/mol. The summed E-state index contributed by atoms with van der Waals surface area (Å²) in [4.78, 5) is 0. The van der Waals surface area contributed by atoms with E-state index in [0.29, 0.717) is 6.61 Å². The number of ether oxygens (including phenoxy) is 1. The molecule has 0 aliphatic rings. The average Bonchev–Trinajstić information content (AvgIpc) is 2.25. The van der Waals surface area contributed by atoms with Crippen LogP contribution in [0.4, 0.5) is 0 Å². The van der Waals surface area contributed by atoms with Gasteiger partial charge in [0.05, 0.1) is 6.61 Å². The molecule has 1 aromatic rings. The average molecular weight is 203 g/mol. The molecule has 15 heavy (non-hydrogen) atoms. The van der Waals surface area contributed by atoms with Crippen LogP contribution in [0.25, 0.3) is 0 Å². The number of rotatable bonds is 5. The third-order valence-corrected chi connectivity index (χ3v) is 2.13. The highest BCUT2D eigenvalue weighted by Gasteiger charge is 2.06. The first-order valence-electron chi connectivity index (χ1n) is 5.16. The summed E-state index contributed by atoms with van der Waals surface area (Å²) in [6, 6.07) is 7.83. The summed E-state index contributed by atoms with van der Waals surface area (Å²) >= 11 is 0. The fraction of sp³-hybridized carbons (Fsp3) is 0.385. The van der Waals surface area contributed by atoms with Crippen molar-refractivity contribution in [1.29, 1.82) is 0 Å². The molecule has 0 aliphatic heterocycles. The molecule has 0 bridgehead atoms. The van der Waals surface area contributed by atoms with Crippen LogP contribution in [0.1, 0.15) is 31.4 Å². The molecule has 0 saturated carbocycles. The maximum Gasteiger partial charge on any atom is 0.124 e. The van der Waals surface area contributed by atoms with Crippen LogP contribution in [0.2, 0.25) is 0 Å². The molecule has 0 unspecified atom stereocenters. The molecule has 0 aliphatic carbocycles. The van der Waals surface area contributed by atoms with Crippen LogP contribution in [0.3, 0.4) is 0 Å². The summed E-state index contributed by atoms with van der Waals surface area (Å²) in [5.41, 5.74) is 6.87. The summed E-state index contributed by atoms with van der Waals surface area (Å²) in [7, 11) is 0. The number of unbranched alkanes of at least 4 members (excludes halogenated alkanes) is 1. The van der Waals surface area contributed by atoms with E-state index in [4.69, 9.17) is 16.9 Å². The molecule has 2 nitrogen and oxygen atoms in total. The fourth-order valence-electron chi connectivity index (χ4n) is 1.34. The third-order valence-electron chi connectivity index (χ3n) is 2.13. The maximum absolute atomic E-state index is 5.83. The minimum absolute atomic E-state index is 0.00571. The molecule has 80 valence electrons. The molecule has 0 amide bonds. The lowest BCUT2D eigenvalue weighted by molar-refractivity contribution is 0.308. The number of para-hydroxylation sites is 1. The molecule has 0 aromatic heterocycles. The lowest BCUT2D eigenvalue weighted by Gasteiger charge is -2.13. The molecule has 1 atom stereocenters. The van der Waals surface area contributed by atoms with Crippen molar-refractivity contribution < 1.29 is 4.74 Å². The van der Waals surface area contributed by atoms with E-state index in [-0.39, 0.29) is 6.04 Å². The molecular formula is C13H17NO. The fourth-order valence-corrected chi connectivity index (χ4v) is 1.34. The van der Waals surface area contributed by atoms with Crippen molar-refractivity contribution in [1.82, 2.24) is 0 Å². The summed E-state index contributed by atoms with van der Waals surface area (Å²) in [6.45, 7) is 2.59. The molecule has 1 aromatic carbocycles. The molecule has 0 heterocycles. The van der Waals surface area contributed by atoms with Crippen LogP contribution < -0.4 is 10.5 Å². The van der Waals surface area contributed by atoms with Gasteiger partial charge in [0.15, 0.2) is 0 Å². The van der Waals surface area contributed by atoms with E-state index in [1.165, 1.54) is 0 Å².